The molecule has 1 unspecified atom stereocenters. The molecule has 0 bridgehead atoms. The highest BCUT2D eigenvalue weighted by Crippen LogP contribution is 2.13. The van der Waals surface area contributed by atoms with E-state index in [-0.39, 0.29) is 5.91 Å². The maximum Gasteiger partial charge on any atom is 0.265 e. The summed E-state index contributed by atoms with van der Waals surface area (Å²) in [6, 6.07) is 9.10. The third-order valence-electron chi connectivity index (χ3n) is 1.92. The van der Waals surface area contributed by atoms with Crippen LogP contribution in [-0.2, 0) is 4.79 Å². The normalized spacial score (nSPS) is 21.4. The van der Waals surface area contributed by atoms with Crippen LogP contribution >= 0.6 is 0 Å². The van der Waals surface area contributed by atoms with Crippen LogP contribution in [0.5, 0.6) is 0 Å². The zero-order valence-corrected chi connectivity index (χ0v) is 7.42. The molecule has 1 amide bonds. The summed E-state index contributed by atoms with van der Waals surface area (Å²) in [6.07, 6.45) is 1.93. The molecule has 2 N–H and O–H groups in total. The zero-order chi connectivity index (χ0) is 9.97. The van der Waals surface area contributed by atoms with Gasteiger partial charge in [0, 0.05) is 6.08 Å². The number of hydrogen-bond donors (Lipinski definition) is 2. The standard InChI is InChI=1S/C10H10N2O2/c13-9-6-7-10(14)12(11-9)8-4-2-1-3-5-8/h1-7,9,11,13H. The van der Waals surface area contributed by atoms with Crippen molar-refractivity contribution in [2.45, 2.75) is 6.23 Å². The van der Waals surface area contributed by atoms with Crippen LogP contribution in [0.3, 0.4) is 0 Å². The fraction of sp³-hybridized carbons (Fsp3) is 0.100. The number of aliphatic hydroxyl groups excluding tert-OH is 1. The fourth-order valence-electron chi connectivity index (χ4n) is 1.27. The highest BCUT2D eigenvalue weighted by atomic mass is 16.3. The lowest BCUT2D eigenvalue weighted by atomic mass is 10.3. The fourth-order valence-corrected chi connectivity index (χ4v) is 1.27. The number of amides is 1. The molecule has 1 aliphatic heterocycles. The van der Waals surface area contributed by atoms with E-state index >= 15 is 0 Å². The van der Waals surface area contributed by atoms with E-state index < -0.39 is 6.23 Å². The lowest BCUT2D eigenvalue weighted by Crippen LogP contribution is -2.50. The molecule has 0 spiro atoms. The molecule has 1 aliphatic rings. The Morgan fingerprint density at radius 2 is 2.00 bits per heavy atom. The second-order valence-electron chi connectivity index (χ2n) is 2.94. The molecule has 4 nitrogen and oxygen atoms in total. The predicted octanol–water partition coefficient (Wildman–Crippen LogP) is 0.412. The van der Waals surface area contributed by atoms with Crippen LogP contribution in [-0.4, -0.2) is 17.2 Å². The summed E-state index contributed by atoms with van der Waals surface area (Å²) in [5.74, 6) is -0.193. The first-order valence-corrected chi connectivity index (χ1v) is 4.29. The van der Waals surface area contributed by atoms with Gasteiger partial charge in [0.1, 0.15) is 6.23 Å². The van der Waals surface area contributed by atoms with Crippen molar-refractivity contribution in [1.29, 1.82) is 0 Å². The van der Waals surface area contributed by atoms with Crippen LogP contribution in [0.25, 0.3) is 0 Å². The molecule has 4 heteroatoms. The van der Waals surface area contributed by atoms with Gasteiger partial charge in [-0.15, -0.1) is 0 Å². The van der Waals surface area contributed by atoms with E-state index in [1.807, 2.05) is 18.2 Å². The molecule has 0 aliphatic carbocycles. The maximum absolute atomic E-state index is 11.4. The minimum absolute atomic E-state index is 0.193. The van der Waals surface area contributed by atoms with Crippen LogP contribution in [0.1, 0.15) is 0 Å². The molecule has 2 rings (SSSR count). The van der Waals surface area contributed by atoms with E-state index in [1.54, 1.807) is 12.1 Å². The van der Waals surface area contributed by atoms with Gasteiger partial charge in [0.2, 0.25) is 0 Å². The lowest BCUT2D eigenvalue weighted by Gasteiger charge is -2.27. The average molecular weight is 190 g/mol. The van der Waals surface area contributed by atoms with E-state index in [4.69, 9.17) is 0 Å². The molecule has 0 aromatic heterocycles. The quantitative estimate of drug-likeness (QED) is 0.674. The Balaban J connectivity index is 2.27. The Morgan fingerprint density at radius 3 is 2.71 bits per heavy atom. The van der Waals surface area contributed by atoms with Gasteiger partial charge in [-0.3, -0.25) is 4.79 Å². The number of hydrazine groups is 1. The number of carbonyl (C=O) groups is 1. The summed E-state index contributed by atoms with van der Waals surface area (Å²) in [6.45, 7) is 0. The second-order valence-corrected chi connectivity index (χ2v) is 2.94. The molecular weight excluding hydrogens is 180 g/mol. The van der Waals surface area contributed by atoms with Gasteiger partial charge in [-0.25, -0.2) is 5.01 Å². The van der Waals surface area contributed by atoms with Crippen molar-refractivity contribution < 1.29 is 9.90 Å². The van der Waals surface area contributed by atoms with E-state index in [1.165, 1.54) is 17.2 Å². The van der Waals surface area contributed by atoms with E-state index in [2.05, 4.69) is 5.43 Å². The van der Waals surface area contributed by atoms with Crippen molar-refractivity contribution in [3.05, 3.63) is 42.5 Å². The molecule has 1 aromatic rings. The van der Waals surface area contributed by atoms with Gasteiger partial charge in [-0.1, -0.05) is 18.2 Å². The van der Waals surface area contributed by atoms with Crippen molar-refractivity contribution in [2.75, 3.05) is 5.01 Å². The summed E-state index contributed by atoms with van der Waals surface area (Å²) in [4.78, 5) is 11.4. The van der Waals surface area contributed by atoms with Crippen LogP contribution in [0, 0.1) is 0 Å². The average Bonchev–Trinajstić information content (AvgIpc) is 2.23. The number of benzene rings is 1. The van der Waals surface area contributed by atoms with Crippen LogP contribution in [0.4, 0.5) is 5.69 Å². The highest BCUT2D eigenvalue weighted by molar-refractivity contribution is 6.01. The van der Waals surface area contributed by atoms with Crippen LogP contribution < -0.4 is 10.4 Å². The molecule has 0 saturated carbocycles. The molecule has 0 fully saturated rings. The third kappa shape index (κ3) is 1.66. The minimum atomic E-state index is -0.812. The Bertz CT molecular complexity index is 362. The summed E-state index contributed by atoms with van der Waals surface area (Å²) >= 11 is 0. The Kier molecular flexibility index (Phi) is 2.30. The van der Waals surface area contributed by atoms with E-state index in [0.717, 1.165) is 0 Å². The summed E-state index contributed by atoms with van der Waals surface area (Å²) in [5, 5.41) is 10.6. The van der Waals surface area contributed by atoms with Gasteiger partial charge in [-0.05, 0) is 18.2 Å². The van der Waals surface area contributed by atoms with Crippen molar-refractivity contribution in [3.63, 3.8) is 0 Å². The second kappa shape index (κ2) is 3.61. The molecule has 14 heavy (non-hydrogen) atoms. The number of nitrogens with zero attached hydrogens (tertiary/aromatic N) is 1. The third-order valence-corrected chi connectivity index (χ3v) is 1.92. The molecule has 0 saturated heterocycles. The topological polar surface area (TPSA) is 52.6 Å². The summed E-state index contributed by atoms with van der Waals surface area (Å²) < 4.78 is 0. The molecule has 1 heterocycles. The first-order chi connectivity index (χ1) is 6.77. The Morgan fingerprint density at radius 1 is 1.29 bits per heavy atom. The Labute approximate surface area is 81.4 Å². The van der Waals surface area contributed by atoms with Gasteiger partial charge in [0.15, 0.2) is 0 Å². The van der Waals surface area contributed by atoms with Gasteiger partial charge in [-0.2, -0.15) is 5.43 Å². The van der Waals surface area contributed by atoms with Crippen molar-refractivity contribution in [1.82, 2.24) is 5.43 Å². The minimum Gasteiger partial charge on any atom is -0.373 e. The van der Waals surface area contributed by atoms with Crippen LogP contribution in [0.2, 0.25) is 0 Å². The maximum atomic E-state index is 11.4. The molecule has 1 aromatic carbocycles. The number of rotatable bonds is 1. The highest BCUT2D eigenvalue weighted by Gasteiger charge is 2.19. The van der Waals surface area contributed by atoms with E-state index in [9.17, 15) is 9.90 Å². The van der Waals surface area contributed by atoms with Crippen molar-refractivity contribution in [3.8, 4) is 0 Å². The Hall–Kier alpha value is -1.65. The SMILES string of the molecule is O=C1C=CC(O)NN1c1ccccc1. The van der Waals surface area contributed by atoms with Gasteiger partial charge in [0.05, 0.1) is 5.69 Å². The van der Waals surface area contributed by atoms with E-state index in [0.29, 0.717) is 5.69 Å². The van der Waals surface area contributed by atoms with Crippen LogP contribution in [0.15, 0.2) is 42.5 Å². The monoisotopic (exact) mass is 190 g/mol. The molecule has 1 atom stereocenters. The van der Waals surface area contributed by atoms with Gasteiger partial charge in [0.25, 0.3) is 5.91 Å². The molecule has 0 radical (unpaired) electrons. The first kappa shape index (κ1) is 8.93. The van der Waals surface area contributed by atoms with Crippen molar-refractivity contribution in [2.24, 2.45) is 0 Å². The number of anilines is 1. The zero-order valence-electron chi connectivity index (χ0n) is 7.42. The lowest BCUT2D eigenvalue weighted by molar-refractivity contribution is -0.116. The largest absolute Gasteiger partial charge is 0.373 e. The molecule has 72 valence electrons. The number of para-hydroxylation sites is 1. The molecular formula is C10H10N2O2. The number of hydrogen-bond acceptors (Lipinski definition) is 3. The smallest absolute Gasteiger partial charge is 0.265 e. The van der Waals surface area contributed by atoms with Gasteiger partial charge < -0.3 is 5.11 Å². The first-order valence-electron chi connectivity index (χ1n) is 4.29. The number of aliphatic hydroxyl groups is 1. The predicted molar refractivity (Wildman–Crippen MR) is 52.2 cm³/mol. The summed E-state index contributed by atoms with van der Waals surface area (Å²) in [7, 11) is 0. The van der Waals surface area contributed by atoms with Gasteiger partial charge >= 0.3 is 0 Å². The number of nitrogens with one attached hydrogen (secondary N) is 1. The number of carbonyl (C=O) groups excluding carboxylic acids is 1. The van der Waals surface area contributed by atoms with Crippen molar-refractivity contribution >= 4 is 11.6 Å². The summed E-state index contributed by atoms with van der Waals surface area (Å²) in [5.41, 5.74) is 3.34.